The molecule has 2 aliphatic heterocycles. The predicted octanol–water partition coefficient (Wildman–Crippen LogP) is 1.75. The number of aliphatic hydroxyl groups is 1. The number of ketones is 1. The molecule has 6 heteroatoms. The Morgan fingerprint density at radius 3 is 2.65 bits per heavy atom. The number of esters is 1. The Bertz CT molecular complexity index is 890. The number of methoxy groups -OCH3 is 1. The Morgan fingerprint density at radius 2 is 1.87 bits per heavy atom. The smallest absolute Gasteiger partial charge is 0.365 e. The third-order valence-corrected chi connectivity index (χ3v) is 4.10. The van der Waals surface area contributed by atoms with Gasteiger partial charge in [0.1, 0.15) is 0 Å². The number of nitrogens with zero attached hydrogens (tertiary/aromatic N) is 2. The summed E-state index contributed by atoms with van der Waals surface area (Å²) >= 11 is 0. The molecule has 0 aliphatic carbocycles. The fourth-order valence-electron chi connectivity index (χ4n) is 3.07. The van der Waals surface area contributed by atoms with Crippen molar-refractivity contribution in [1.82, 2.24) is 0 Å². The van der Waals surface area contributed by atoms with Gasteiger partial charge in [0.15, 0.2) is 5.84 Å². The van der Waals surface area contributed by atoms with Gasteiger partial charge in [-0.2, -0.15) is 0 Å². The van der Waals surface area contributed by atoms with Crippen LogP contribution in [0.25, 0.3) is 0 Å². The van der Waals surface area contributed by atoms with Gasteiger partial charge in [0.05, 0.1) is 18.5 Å². The Balaban J connectivity index is 2.07. The first-order valence-electron chi connectivity index (χ1n) is 7.02. The molecule has 2 aromatic rings. The van der Waals surface area contributed by atoms with Crippen LogP contribution in [-0.2, 0) is 15.3 Å². The first kappa shape index (κ1) is 13.7. The van der Waals surface area contributed by atoms with Crippen molar-refractivity contribution in [2.45, 2.75) is 5.72 Å². The van der Waals surface area contributed by atoms with Crippen LogP contribution in [0.4, 0.5) is 11.4 Å². The largest absolute Gasteiger partial charge is 0.465 e. The number of para-hydroxylation sites is 2. The van der Waals surface area contributed by atoms with E-state index in [0.29, 0.717) is 16.9 Å². The number of rotatable bonds is 1. The third-order valence-electron chi connectivity index (χ3n) is 4.10. The van der Waals surface area contributed by atoms with E-state index in [4.69, 9.17) is 4.74 Å². The summed E-state index contributed by atoms with van der Waals surface area (Å²) in [6, 6.07) is 13.4. The second-order valence-electron chi connectivity index (χ2n) is 5.30. The van der Waals surface area contributed by atoms with Crippen molar-refractivity contribution in [3.05, 3.63) is 59.7 Å². The highest BCUT2D eigenvalue weighted by Gasteiger charge is 2.56. The van der Waals surface area contributed by atoms with Crippen LogP contribution < -0.4 is 4.90 Å². The van der Waals surface area contributed by atoms with E-state index in [1.54, 1.807) is 48.5 Å². The molecule has 2 heterocycles. The fraction of sp³-hybridized carbons (Fsp3) is 0.118. The molecule has 0 spiro atoms. The summed E-state index contributed by atoms with van der Waals surface area (Å²) in [6.07, 6.45) is 0. The molecule has 0 saturated heterocycles. The highest BCUT2D eigenvalue weighted by atomic mass is 16.5. The zero-order valence-corrected chi connectivity index (χ0v) is 12.2. The summed E-state index contributed by atoms with van der Waals surface area (Å²) in [7, 11) is 1.19. The number of hydrogen-bond donors (Lipinski definition) is 1. The predicted molar refractivity (Wildman–Crippen MR) is 82.7 cm³/mol. The maximum atomic E-state index is 12.6. The minimum Gasteiger partial charge on any atom is -0.465 e. The number of Topliss-reactive ketones (excluding diaryl/α,β-unsaturated/α-hetero) is 1. The molecule has 2 aliphatic rings. The summed E-state index contributed by atoms with van der Waals surface area (Å²) < 4.78 is 4.81. The molecule has 1 N–H and O–H groups in total. The SMILES string of the molecule is COC(=O)[C@@]1(O)c2ccccc2N=C2C(=O)c3ccccc3N21. The number of hydrogen-bond acceptors (Lipinski definition) is 6. The molecule has 2 aromatic carbocycles. The average molecular weight is 308 g/mol. The Kier molecular flexibility index (Phi) is 2.67. The van der Waals surface area contributed by atoms with Gasteiger partial charge in [-0.25, -0.2) is 9.79 Å². The van der Waals surface area contributed by atoms with Crippen LogP contribution in [0.15, 0.2) is 53.5 Å². The summed E-state index contributed by atoms with van der Waals surface area (Å²) in [5, 5.41) is 11.2. The summed E-state index contributed by atoms with van der Waals surface area (Å²) in [4.78, 5) is 30.6. The molecule has 23 heavy (non-hydrogen) atoms. The topological polar surface area (TPSA) is 79.2 Å². The number of aliphatic imine (C=N–C) groups is 1. The van der Waals surface area contributed by atoms with Crippen LogP contribution in [0.2, 0.25) is 0 Å². The van der Waals surface area contributed by atoms with Gasteiger partial charge in [-0.3, -0.25) is 9.69 Å². The molecule has 0 bridgehead atoms. The number of benzene rings is 2. The lowest BCUT2D eigenvalue weighted by Gasteiger charge is -2.39. The average Bonchev–Trinajstić information content (AvgIpc) is 2.88. The molecule has 6 nitrogen and oxygen atoms in total. The van der Waals surface area contributed by atoms with Gasteiger partial charge < -0.3 is 9.84 Å². The van der Waals surface area contributed by atoms with Crippen molar-refractivity contribution < 1.29 is 19.4 Å². The lowest BCUT2D eigenvalue weighted by molar-refractivity contribution is -0.162. The van der Waals surface area contributed by atoms with Gasteiger partial charge in [0.25, 0.3) is 5.72 Å². The third kappa shape index (κ3) is 1.58. The standard InChI is InChI=1S/C17H12N2O4/c1-23-16(21)17(22)11-7-3-4-8-12(11)18-15-14(20)10-6-2-5-9-13(10)19(15)17/h2-9,22H,1H3/t17-/m0/s1. The van der Waals surface area contributed by atoms with E-state index >= 15 is 0 Å². The van der Waals surface area contributed by atoms with Crippen LogP contribution in [0, 0.1) is 0 Å². The molecule has 114 valence electrons. The Hall–Kier alpha value is -2.99. The van der Waals surface area contributed by atoms with E-state index in [2.05, 4.69) is 4.99 Å². The van der Waals surface area contributed by atoms with E-state index < -0.39 is 11.7 Å². The van der Waals surface area contributed by atoms with Crippen LogP contribution in [0.1, 0.15) is 15.9 Å². The number of amidine groups is 1. The Labute approximate surface area is 131 Å². The van der Waals surface area contributed by atoms with E-state index in [9.17, 15) is 14.7 Å². The van der Waals surface area contributed by atoms with Gasteiger partial charge in [0.2, 0.25) is 5.78 Å². The number of anilines is 1. The summed E-state index contributed by atoms with van der Waals surface area (Å²) in [5.41, 5.74) is -0.669. The van der Waals surface area contributed by atoms with Crippen molar-refractivity contribution in [1.29, 1.82) is 0 Å². The van der Waals surface area contributed by atoms with Gasteiger partial charge in [-0.05, 0) is 18.2 Å². The highest BCUT2D eigenvalue weighted by molar-refractivity contribution is 6.55. The number of carbonyl (C=O) groups is 2. The fourth-order valence-corrected chi connectivity index (χ4v) is 3.07. The maximum Gasteiger partial charge on any atom is 0.365 e. The van der Waals surface area contributed by atoms with E-state index in [0.717, 1.165) is 0 Å². The molecule has 0 amide bonds. The zero-order chi connectivity index (χ0) is 16.2. The first-order valence-corrected chi connectivity index (χ1v) is 7.02. The normalized spacial score (nSPS) is 21.2. The van der Waals surface area contributed by atoms with Crippen LogP contribution in [-0.4, -0.2) is 29.8 Å². The van der Waals surface area contributed by atoms with Gasteiger partial charge in [-0.1, -0.05) is 30.3 Å². The molecule has 0 aromatic heterocycles. The Morgan fingerprint density at radius 1 is 1.17 bits per heavy atom. The van der Waals surface area contributed by atoms with Crippen LogP contribution in [0.5, 0.6) is 0 Å². The first-order chi connectivity index (χ1) is 11.1. The molecule has 4 rings (SSSR count). The maximum absolute atomic E-state index is 12.6. The van der Waals surface area contributed by atoms with Crippen molar-refractivity contribution in [2.75, 3.05) is 12.0 Å². The van der Waals surface area contributed by atoms with Crippen molar-refractivity contribution in [3.8, 4) is 0 Å². The number of ether oxygens (including phenoxy) is 1. The minimum absolute atomic E-state index is 0.0119. The molecule has 0 unspecified atom stereocenters. The molecule has 0 radical (unpaired) electrons. The minimum atomic E-state index is -2.13. The lowest BCUT2D eigenvalue weighted by Crippen LogP contribution is -2.56. The monoisotopic (exact) mass is 308 g/mol. The molecule has 0 fully saturated rings. The van der Waals surface area contributed by atoms with Crippen LogP contribution in [0.3, 0.4) is 0 Å². The van der Waals surface area contributed by atoms with E-state index in [1.807, 2.05) is 0 Å². The molecule has 0 saturated carbocycles. The van der Waals surface area contributed by atoms with Gasteiger partial charge >= 0.3 is 5.97 Å². The van der Waals surface area contributed by atoms with E-state index in [-0.39, 0.29) is 17.2 Å². The van der Waals surface area contributed by atoms with Gasteiger partial charge in [-0.15, -0.1) is 0 Å². The highest BCUT2D eigenvalue weighted by Crippen LogP contribution is 2.45. The van der Waals surface area contributed by atoms with Crippen LogP contribution >= 0.6 is 0 Å². The van der Waals surface area contributed by atoms with Crippen molar-refractivity contribution >= 4 is 29.0 Å². The van der Waals surface area contributed by atoms with E-state index in [1.165, 1.54) is 12.0 Å². The second kappa shape index (κ2) is 4.50. The zero-order valence-electron chi connectivity index (χ0n) is 12.2. The van der Waals surface area contributed by atoms with Crippen molar-refractivity contribution in [3.63, 3.8) is 0 Å². The molecule has 1 atom stereocenters. The number of fused-ring (bicyclic) bond motifs is 4. The summed E-state index contributed by atoms with van der Waals surface area (Å²) in [5.74, 6) is -1.20. The quantitative estimate of drug-likeness (QED) is 0.812. The second-order valence-corrected chi connectivity index (χ2v) is 5.30. The summed E-state index contributed by atoms with van der Waals surface area (Å²) in [6.45, 7) is 0. The molecular formula is C17H12N2O4. The molecular weight excluding hydrogens is 296 g/mol. The van der Waals surface area contributed by atoms with Crippen molar-refractivity contribution in [2.24, 2.45) is 4.99 Å². The van der Waals surface area contributed by atoms with Gasteiger partial charge in [0, 0.05) is 11.1 Å². The lowest BCUT2D eigenvalue weighted by atomic mass is 9.96. The number of carbonyl (C=O) groups excluding carboxylic acids is 2.